The van der Waals surface area contributed by atoms with E-state index in [1.54, 1.807) is 0 Å². The van der Waals surface area contributed by atoms with E-state index in [1.165, 1.54) is 6.42 Å². The predicted molar refractivity (Wildman–Crippen MR) is 80.5 cm³/mol. The van der Waals surface area contributed by atoms with Crippen LogP contribution in [-0.4, -0.2) is 48.2 Å². The van der Waals surface area contributed by atoms with Gasteiger partial charge in [0.1, 0.15) is 0 Å². The average molecular weight is 282 g/mol. The number of nitrogens with one attached hydrogen (secondary N) is 1. The minimum absolute atomic E-state index is 0.0423. The molecule has 2 unspecified atom stereocenters. The maximum absolute atomic E-state index is 13.2. The van der Waals surface area contributed by atoms with Crippen LogP contribution >= 0.6 is 0 Å². The largest absolute Gasteiger partial charge is 0.394 e. The monoisotopic (exact) mass is 282 g/mol. The molecule has 2 atom stereocenters. The van der Waals surface area contributed by atoms with E-state index in [4.69, 9.17) is 0 Å². The van der Waals surface area contributed by atoms with Crippen LogP contribution in [0.3, 0.4) is 0 Å². The number of aliphatic hydroxyl groups is 1. The minimum Gasteiger partial charge on any atom is -0.394 e. The molecule has 0 aromatic carbocycles. The molecule has 2 rings (SSSR count). The van der Waals surface area contributed by atoms with E-state index in [1.807, 2.05) is 4.90 Å². The van der Waals surface area contributed by atoms with Crippen LogP contribution in [0.25, 0.3) is 0 Å². The molecule has 0 aromatic rings. The summed E-state index contributed by atoms with van der Waals surface area (Å²) in [6, 6.07) is 0.0423. The Morgan fingerprint density at radius 2 is 2.20 bits per heavy atom. The molecule has 4 nitrogen and oxygen atoms in total. The fraction of sp³-hybridized carbons (Fsp3) is 0.938. The molecule has 2 fully saturated rings. The summed E-state index contributed by atoms with van der Waals surface area (Å²) in [4.78, 5) is 15.2. The molecule has 4 heteroatoms. The van der Waals surface area contributed by atoms with E-state index in [2.05, 4.69) is 12.2 Å². The number of nitrogens with zero attached hydrogens (tertiary/aromatic N) is 1. The van der Waals surface area contributed by atoms with Gasteiger partial charge >= 0.3 is 0 Å². The Hall–Kier alpha value is -0.610. The Balaban J connectivity index is 2.15. The number of rotatable bonds is 4. The van der Waals surface area contributed by atoms with Crippen molar-refractivity contribution in [1.82, 2.24) is 10.2 Å². The molecule has 2 saturated heterocycles. The molecular formula is C16H30N2O2. The lowest BCUT2D eigenvalue weighted by Crippen LogP contribution is -2.55. The van der Waals surface area contributed by atoms with E-state index in [-0.39, 0.29) is 18.1 Å². The molecule has 2 heterocycles. The van der Waals surface area contributed by atoms with Crippen molar-refractivity contribution in [3.8, 4) is 0 Å². The third-order valence-electron chi connectivity index (χ3n) is 5.00. The van der Waals surface area contributed by atoms with Crippen molar-refractivity contribution in [2.75, 3.05) is 26.2 Å². The first-order chi connectivity index (χ1) is 9.73. The Bertz CT molecular complexity index is 308. The molecular weight excluding hydrogens is 252 g/mol. The maximum Gasteiger partial charge on any atom is 0.230 e. The van der Waals surface area contributed by atoms with Crippen LogP contribution in [0.2, 0.25) is 0 Å². The van der Waals surface area contributed by atoms with Gasteiger partial charge in [-0.25, -0.2) is 0 Å². The molecule has 0 saturated carbocycles. The van der Waals surface area contributed by atoms with Crippen molar-refractivity contribution in [3.05, 3.63) is 0 Å². The predicted octanol–water partition coefficient (Wildman–Crippen LogP) is 1.92. The van der Waals surface area contributed by atoms with Crippen molar-refractivity contribution >= 4 is 5.91 Å². The van der Waals surface area contributed by atoms with Crippen LogP contribution in [0.1, 0.15) is 58.3 Å². The van der Waals surface area contributed by atoms with Gasteiger partial charge in [-0.2, -0.15) is 0 Å². The number of amides is 1. The number of likely N-dealkylation sites (tertiary alicyclic amines) is 1. The van der Waals surface area contributed by atoms with Crippen molar-refractivity contribution in [3.63, 3.8) is 0 Å². The molecule has 116 valence electrons. The second-order valence-electron chi connectivity index (χ2n) is 6.49. The van der Waals surface area contributed by atoms with Gasteiger partial charge in [0.15, 0.2) is 0 Å². The highest BCUT2D eigenvalue weighted by Gasteiger charge is 2.43. The zero-order chi connectivity index (χ0) is 14.4. The summed E-state index contributed by atoms with van der Waals surface area (Å²) < 4.78 is 0. The van der Waals surface area contributed by atoms with Gasteiger partial charge in [0, 0.05) is 13.1 Å². The van der Waals surface area contributed by atoms with Crippen molar-refractivity contribution < 1.29 is 9.90 Å². The van der Waals surface area contributed by atoms with Crippen LogP contribution in [0.5, 0.6) is 0 Å². The van der Waals surface area contributed by atoms with Crippen LogP contribution < -0.4 is 5.32 Å². The van der Waals surface area contributed by atoms with Gasteiger partial charge in [-0.05, 0) is 38.6 Å². The second kappa shape index (κ2) is 7.41. The molecule has 0 aliphatic carbocycles. The molecule has 2 aliphatic rings. The second-order valence-corrected chi connectivity index (χ2v) is 6.49. The zero-order valence-electron chi connectivity index (χ0n) is 12.9. The van der Waals surface area contributed by atoms with Gasteiger partial charge in [-0.15, -0.1) is 0 Å². The quantitative estimate of drug-likeness (QED) is 0.828. The summed E-state index contributed by atoms with van der Waals surface area (Å²) in [6.07, 6.45) is 8.45. The number of carbonyl (C=O) groups excluding carboxylic acids is 1. The third-order valence-corrected chi connectivity index (χ3v) is 5.00. The van der Waals surface area contributed by atoms with Gasteiger partial charge in [0.25, 0.3) is 0 Å². The Labute approximate surface area is 122 Å². The summed E-state index contributed by atoms with van der Waals surface area (Å²) >= 11 is 0. The normalized spacial score (nSPS) is 31.9. The average Bonchev–Trinajstić information content (AvgIpc) is 2.72. The molecule has 0 bridgehead atoms. The topological polar surface area (TPSA) is 52.6 Å². The van der Waals surface area contributed by atoms with Crippen LogP contribution in [0.15, 0.2) is 0 Å². The number of aliphatic hydroxyl groups excluding tert-OH is 1. The molecule has 0 aromatic heterocycles. The number of hydrogen-bond donors (Lipinski definition) is 2. The minimum atomic E-state index is -0.217. The fourth-order valence-corrected chi connectivity index (χ4v) is 3.89. The van der Waals surface area contributed by atoms with Crippen molar-refractivity contribution in [2.24, 2.45) is 5.41 Å². The smallest absolute Gasteiger partial charge is 0.230 e. The molecule has 1 amide bonds. The SMILES string of the molecule is CCCC1(C(=O)N2CCCCCC2CO)CCCNC1. The summed E-state index contributed by atoms with van der Waals surface area (Å²) in [5.41, 5.74) is -0.217. The zero-order valence-corrected chi connectivity index (χ0v) is 12.9. The van der Waals surface area contributed by atoms with Crippen LogP contribution in [0.4, 0.5) is 0 Å². The lowest BCUT2D eigenvalue weighted by Gasteiger charge is -2.42. The van der Waals surface area contributed by atoms with Gasteiger partial charge in [-0.1, -0.05) is 26.2 Å². The molecule has 2 aliphatic heterocycles. The Morgan fingerprint density at radius 3 is 2.85 bits per heavy atom. The van der Waals surface area contributed by atoms with Crippen molar-refractivity contribution in [1.29, 1.82) is 0 Å². The summed E-state index contributed by atoms with van der Waals surface area (Å²) in [5, 5.41) is 13.1. The lowest BCUT2D eigenvalue weighted by atomic mass is 9.75. The van der Waals surface area contributed by atoms with Gasteiger partial charge < -0.3 is 15.3 Å². The van der Waals surface area contributed by atoms with E-state index >= 15 is 0 Å². The molecule has 0 radical (unpaired) electrons. The highest BCUT2D eigenvalue weighted by atomic mass is 16.3. The number of hydrogen-bond acceptors (Lipinski definition) is 3. The molecule has 2 N–H and O–H groups in total. The van der Waals surface area contributed by atoms with E-state index in [0.717, 1.165) is 64.6 Å². The first-order valence-electron chi connectivity index (χ1n) is 8.36. The highest BCUT2D eigenvalue weighted by Crippen LogP contribution is 2.35. The standard InChI is InChI=1S/C16H30N2O2/c1-2-8-16(9-6-10-17-13-16)15(20)18-11-5-3-4-7-14(18)12-19/h14,17,19H,2-13H2,1H3. The summed E-state index contributed by atoms with van der Waals surface area (Å²) in [7, 11) is 0. The Kier molecular flexibility index (Phi) is 5.85. The lowest BCUT2D eigenvalue weighted by molar-refractivity contribution is -0.147. The summed E-state index contributed by atoms with van der Waals surface area (Å²) in [5.74, 6) is 0.299. The maximum atomic E-state index is 13.2. The van der Waals surface area contributed by atoms with Gasteiger partial charge in [0.05, 0.1) is 18.1 Å². The number of piperidine rings is 1. The van der Waals surface area contributed by atoms with E-state index in [9.17, 15) is 9.90 Å². The van der Waals surface area contributed by atoms with Crippen LogP contribution in [-0.2, 0) is 4.79 Å². The fourth-order valence-electron chi connectivity index (χ4n) is 3.89. The van der Waals surface area contributed by atoms with Gasteiger partial charge in [0.2, 0.25) is 5.91 Å². The number of carbonyl (C=O) groups is 1. The molecule has 20 heavy (non-hydrogen) atoms. The summed E-state index contributed by atoms with van der Waals surface area (Å²) in [6.45, 7) is 4.95. The third kappa shape index (κ3) is 3.34. The van der Waals surface area contributed by atoms with Gasteiger partial charge in [-0.3, -0.25) is 4.79 Å². The van der Waals surface area contributed by atoms with Crippen LogP contribution in [0, 0.1) is 5.41 Å². The highest BCUT2D eigenvalue weighted by molar-refractivity contribution is 5.83. The first kappa shape index (κ1) is 15.8. The first-order valence-corrected chi connectivity index (χ1v) is 8.36. The van der Waals surface area contributed by atoms with E-state index < -0.39 is 0 Å². The van der Waals surface area contributed by atoms with Crippen molar-refractivity contribution in [2.45, 2.75) is 64.3 Å². The molecule has 0 spiro atoms. The van der Waals surface area contributed by atoms with E-state index in [0.29, 0.717) is 5.91 Å². The Morgan fingerprint density at radius 1 is 1.35 bits per heavy atom.